The molecule has 0 unspecified atom stereocenters. The van der Waals surface area contributed by atoms with Crippen molar-refractivity contribution in [3.63, 3.8) is 0 Å². The molecule has 15 heteroatoms. The molecule has 0 radical (unpaired) electrons. The van der Waals surface area contributed by atoms with E-state index in [2.05, 4.69) is 0 Å². The molecular weight excluding hydrogens is 730 g/mol. The van der Waals surface area contributed by atoms with Gasteiger partial charge < -0.3 is 29.6 Å². The summed E-state index contributed by atoms with van der Waals surface area (Å²) in [5.74, 6) is 3.72. The van der Waals surface area contributed by atoms with Crippen molar-refractivity contribution in [3.8, 4) is 22.3 Å². The van der Waals surface area contributed by atoms with Crippen LogP contribution in [0, 0.1) is 11.6 Å². The first kappa shape index (κ1) is 43.5. The maximum absolute atomic E-state index is 14.0. The zero-order valence-electron chi connectivity index (χ0n) is 29.7. The monoisotopic (exact) mass is 773 g/mol. The number of carbonyl (C=O) groups excluding carboxylic acids is 2. The van der Waals surface area contributed by atoms with Gasteiger partial charge in [0, 0.05) is 47.3 Å². The molecule has 284 valence electrons. The van der Waals surface area contributed by atoms with Crippen LogP contribution in [0.4, 0.5) is 8.78 Å². The van der Waals surface area contributed by atoms with Crippen molar-refractivity contribution in [2.75, 3.05) is 32.7 Å². The lowest BCUT2D eigenvalue weighted by atomic mass is 9.71. The van der Waals surface area contributed by atoms with E-state index < -0.39 is 31.1 Å². The van der Waals surface area contributed by atoms with Gasteiger partial charge in [-0.1, -0.05) is 78.6 Å². The summed E-state index contributed by atoms with van der Waals surface area (Å²) in [5, 5.41) is 31.6. The molecule has 0 amide bonds. The van der Waals surface area contributed by atoms with Gasteiger partial charge in [-0.05, 0) is 72.5 Å². The highest BCUT2D eigenvalue weighted by molar-refractivity contribution is 6.48. The summed E-state index contributed by atoms with van der Waals surface area (Å²) >= 11 is 11.9. The smallest absolute Gasteiger partial charge is 0.336 e. The van der Waals surface area contributed by atoms with E-state index in [4.69, 9.17) is 38.5 Å². The van der Waals surface area contributed by atoms with Gasteiger partial charge in [-0.15, -0.1) is 0 Å². The van der Waals surface area contributed by atoms with Crippen LogP contribution in [0.15, 0.2) is 84.9 Å². The molecule has 0 aromatic heterocycles. The third-order valence-corrected chi connectivity index (χ3v) is 8.13. The second-order valence-electron chi connectivity index (χ2n) is 12.2. The van der Waals surface area contributed by atoms with Crippen molar-refractivity contribution in [3.05, 3.63) is 118 Å². The summed E-state index contributed by atoms with van der Waals surface area (Å²) in [7, 11) is 0. The van der Waals surface area contributed by atoms with Gasteiger partial charge in [0.15, 0.2) is 12.2 Å². The van der Waals surface area contributed by atoms with E-state index in [9.17, 15) is 33.6 Å². The van der Waals surface area contributed by atoms with E-state index in [1.807, 2.05) is 12.1 Å². The van der Waals surface area contributed by atoms with Gasteiger partial charge in [-0.25, -0.2) is 23.4 Å². The summed E-state index contributed by atoms with van der Waals surface area (Å²) in [6, 6.07) is 23.1. The Kier molecular flexibility index (Phi) is 17.8. The number of ether oxygens (including phenoxy) is 2. The standard InChI is InChI=1S/C20H24BClFNO4.C18H20ClFN2O3/c1-3-28-20(26)19(25)12-24(13-21(2)27)11-14-4-6-15(7-5-14)17-10-16(22)8-9-18(17)23;1-2-25-18(24)17(23)11-22(21)10-12-3-5-13(6-4-12)15-9-14(19)7-8-16(15)20/h4-10,19,25,27H,3,11-13H2,1-2H3;3-9,17,23H,2,10-11,21H2,1H3/t19-;17-/m11/s1. The van der Waals surface area contributed by atoms with Gasteiger partial charge in [0.1, 0.15) is 11.6 Å². The fourth-order valence-electron chi connectivity index (χ4n) is 5.24. The van der Waals surface area contributed by atoms with Crippen LogP contribution < -0.4 is 5.84 Å². The number of benzene rings is 4. The molecule has 5 N–H and O–H groups in total. The Balaban J connectivity index is 0.000000287. The lowest BCUT2D eigenvalue weighted by Gasteiger charge is -2.25. The van der Waals surface area contributed by atoms with Crippen molar-refractivity contribution in [2.24, 2.45) is 5.84 Å². The van der Waals surface area contributed by atoms with Gasteiger partial charge in [0.25, 0.3) is 6.92 Å². The summed E-state index contributed by atoms with van der Waals surface area (Å²) in [5.41, 5.74) is 3.96. The Hall–Kier alpha value is -3.92. The normalized spacial score (nSPS) is 12.2. The molecule has 0 bridgehead atoms. The molecule has 0 aliphatic heterocycles. The number of hydrogen-bond donors (Lipinski definition) is 4. The summed E-state index contributed by atoms with van der Waals surface area (Å²) in [6.07, 6.45) is -2.32. The van der Waals surface area contributed by atoms with Crippen molar-refractivity contribution in [2.45, 2.75) is 46.0 Å². The number of esters is 2. The van der Waals surface area contributed by atoms with Gasteiger partial charge in [-0.2, -0.15) is 0 Å². The SMILES string of the molecule is CCOC(=O)[C@H](O)CN(CB(C)O)Cc1ccc(-c2cc(Cl)ccc2F)cc1.CCOC(=O)[C@H](O)CN(N)Cc1ccc(-c2cc(Cl)ccc2F)cc1. The van der Waals surface area contributed by atoms with Gasteiger partial charge in [-0.3, -0.25) is 5.84 Å². The van der Waals surface area contributed by atoms with E-state index in [-0.39, 0.29) is 44.4 Å². The van der Waals surface area contributed by atoms with Gasteiger partial charge >= 0.3 is 11.9 Å². The van der Waals surface area contributed by atoms with E-state index >= 15 is 0 Å². The number of halogens is 4. The molecule has 0 heterocycles. The minimum atomic E-state index is -1.30. The van der Waals surface area contributed by atoms with E-state index in [0.717, 1.165) is 11.1 Å². The van der Waals surface area contributed by atoms with E-state index in [1.165, 1.54) is 29.3 Å². The predicted octanol–water partition coefficient (Wildman–Crippen LogP) is 5.77. The molecule has 0 saturated carbocycles. The number of hydrogen-bond acceptors (Lipinski definition) is 10. The van der Waals surface area contributed by atoms with Crippen LogP contribution in [0.2, 0.25) is 16.9 Å². The van der Waals surface area contributed by atoms with Crippen LogP contribution in [0.1, 0.15) is 25.0 Å². The second kappa shape index (κ2) is 21.7. The average molecular weight is 774 g/mol. The Labute approximate surface area is 318 Å². The maximum atomic E-state index is 14.0. The highest BCUT2D eigenvalue weighted by Crippen LogP contribution is 2.28. The van der Waals surface area contributed by atoms with Crippen LogP contribution in [0.3, 0.4) is 0 Å². The molecule has 2 atom stereocenters. The molecule has 0 aliphatic carbocycles. The lowest BCUT2D eigenvalue weighted by molar-refractivity contribution is -0.154. The molecule has 4 aromatic carbocycles. The number of hydrazine groups is 1. The Morgan fingerprint density at radius 1 is 0.736 bits per heavy atom. The third kappa shape index (κ3) is 14.4. The first-order chi connectivity index (χ1) is 25.2. The Morgan fingerprint density at radius 3 is 1.57 bits per heavy atom. The number of carbonyl (C=O) groups is 2. The first-order valence-corrected chi connectivity index (χ1v) is 17.6. The summed E-state index contributed by atoms with van der Waals surface area (Å²) < 4.78 is 37.5. The fourth-order valence-corrected chi connectivity index (χ4v) is 5.59. The maximum Gasteiger partial charge on any atom is 0.336 e. The van der Waals surface area contributed by atoms with Crippen molar-refractivity contribution in [1.82, 2.24) is 9.91 Å². The number of rotatable bonds is 16. The van der Waals surface area contributed by atoms with Crippen LogP contribution >= 0.6 is 23.2 Å². The summed E-state index contributed by atoms with van der Waals surface area (Å²) in [6.45, 7) is 5.42. The molecule has 53 heavy (non-hydrogen) atoms. The zero-order chi connectivity index (χ0) is 39.1. The number of aliphatic hydroxyl groups excluding tert-OH is 2. The largest absolute Gasteiger partial charge is 0.464 e. The van der Waals surface area contributed by atoms with Crippen LogP contribution in [-0.4, -0.2) is 89.0 Å². The van der Waals surface area contributed by atoms with Crippen molar-refractivity contribution in [1.29, 1.82) is 0 Å². The van der Waals surface area contributed by atoms with Crippen molar-refractivity contribution >= 4 is 42.1 Å². The molecule has 10 nitrogen and oxygen atoms in total. The minimum Gasteiger partial charge on any atom is -0.464 e. The Bertz CT molecular complexity index is 1770. The van der Waals surface area contributed by atoms with Crippen LogP contribution in [-0.2, 0) is 32.2 Å². The number of aliphatic hydroxyl groups is 2. The minimum absolute atomic E-state index is 0.0361. The summed E-state index contributed by atoms with van der Waals surface area (Å²) in [4.78, 5) is 24.8. The zero-order valence-corrected chi connectivity index (χ0v) is 31.2. The fraction of sp³-hybridized carbons (Fsp3) is 0.316. The second-order valence-corrected chi connectivity index (χ2v) is 13.0. The van der Waals surface area contributed by atoms with Gasteiger partial charge in [0.2, 0.25) is 0 Å². The molecule has 4 aromatic rings. The third-order valence-electron chi connectivity index (χ3n) is 7.66. The molecular formula is C38H44BCl2F2N3O7. The molecule has 0 spiro atoms. The van der Waals surface area contributed by atoms with E-state index in [0.29, 0.717) is 45.4 Å². The van der Waals surface area contributed by atoms with E-state index in [1.54, 1.807) is 74.1 Å². The highest BCUT2D eigenvalue weighted by atomic mass is 35.5. The molecule has 4 rings (SSSR count). The Morgan fingerprint density at radius 2 is 1.15 bits per heavy atom. The molecule has 0 saturated heterocycles. The molecule has 0 aliphatic rings. The predicted molar refractivity (Wildman–Crippen MR) is 203 cm³/mol. The first-order valence-electron chi connectivity index (χ1n) is 16.9. The van der Waals surface area contributed by atoms with Crippen molar-refractivity contribution < 1.29 is 43.1 Å². The lowest BCUT2D eigenvalue weighted by Crippen LogP contribution is -2.41. The topological polar surface area (TPSA) is 146 Å². The van der Waals surface area contributed by atoms with Gasteiger partial charge in [0.05, 0.1) is 19.8 Å². The average Bonchev–Trinajstić information content (AvgIpc) is 3.11. The van der Waals surface area contributed by atoms with Crippen LogP contribution in [0.5, 0.6) is 0 Å². The number of nitrogens with two attached hydrogens (primary N) is 1. The molecule has 0 fully saturated rings. The highest BCUT2D eigenvalue weighted by Gasteiger charge is 2.22. The quantitative estimate of drug-likeness (QED) is 0.0479. The number of nitrogens with zero attached hydrogens (tertiary/aromatic N) is 2. The van der Waals surface area contributed by atoms with Crippen LogP contribution in [0.25, 0.3) is 22.3 Å².